The molecule has 2 atom stereocenters. The molecule has 106 valence electrons. The first-order chi connectivity index (χ1) is 8.95. The van der Waals surface area contributed by atoms with Crippen molar-refractivity contribution in [3.63, 3.8) is 0 Å². The molecule has 1 N–H and O–H groups in total. The highest BCUT2D eigenvalue weighted by Gasteiger charge is 2.34. The Morgan fingerprint density at radius 1 is 1.32 bits per heavy atom. The standard InChI is InChI=1S/C15H24N2OS/c1-15(2,3)10-7-8-17(9-10)14-16-13-11(18)5-4-6-12(13)19-14/h10-11,18H,4-9H2,1-3H3. The van der Waals surface area contributed by atoms with E-state index in [1.165, 1.54) is 11.3 Å². The lowest BCUT2D eigenvalue weighted by atomic mass is 9.80. The van der Waals surface area contributed by atoms with Gasteiger partial charge in [-0.05, 0) is 37.0 Å². The van der Waals surface area contributed by atoms with Gasteiger partial charge in [-0.2, -0.15) is 0 Å². The van der Waals surface area contributed by atoms with Crippen molar-refractivity contribution >= 4 is 16.5 Å². The van der Waals surface area contributed by atoms with Crippen molar-refractivity contribution in [1.82, 2.24) is 4.98 Å². The maximum Gasteiger partial charge on any atom is 0.185 e. The largest absolute Gasteiger partial charge is 0.387 e. The number of aryl methyl sites for hydroxylation is 1. The Labute approximate surface area is 119 Å². The number of aliphatic hydroxyl groups excluding tert-OH is 1. The summed E-state index contributed by atoms with van der Waals surface area (Å²) in [5, 5.41) is 11.2. The third-order valence-corrected chi connectivity index (χ3v) is 5.79. The average Bonchev–Trinajstić information content (AvgIpc) is 2.94. The third-order valence-electron chi connectivity index (χ3n) is 4.60. The number of thiazole rings is 1. The monoisotopic (exact) mass is 280 g/mol. The molecule has 1 saturated heterocycles. The van der Waals surface area contributed by atoms with Gasteiger partial charge in [0.25, 0.3) is 0 Å². The van der Waals surface area contributed by atoms with Crippen LogP contribution in [0.2, 0.25) is 0 Å². The van der Waals surface area contributed by atoms with Gasteiger partial charge in [-0.1, -0.05) is 20.8 Å². The van der Waals surface area contributed by atoms with E-state index in [9.17, 15) is 5.11 Å². The van der Waals surface area contributed by atoms with Gasteiger partial charge in [0.2, 0.25) is 0 Å². The molecular formula is C15H24N2OS. The van der Waals surface area contributed by atoms with Crippen LogP contribution in [0.25, 0.3) is 0 Å². The molecule has 19 heavy (non-hydrogen) atoms. The van der Waals surface area contributed by atoms with Crippen LogP contribution in [0, 0.1) is 11.3 Å². The number of anilines is 1. The van der Waals surface area contributed by atoms with Gasteiger partial charge in [-0.25, -0.2) is 4.98 Å². The van der Waals surface area contributed by atoms with E-state index < -0.39 is 0 Å². The molecule has 2 heterocycles. The summed E-state index contributed by atoms with van der Waals surface area (Å²) in [6.07, 6.45) is 4.01. The van der Waals surface area contributed by atoms with E-state index in [2.05, 4.69) is 25.7 Å². The fourth-order valence-electron chi connectivity index (χ4n) is 3.16. The van der Waals surface area contributed by atoms with Gasteiger partial charge in [-0.15, -0.1) is 11.3 Å². The van der Waals surface area contributed by atoms with E-state index in [-0.39, 0.29) is 6.10 Å². The summed E-state index contributed by atoms with van der Waals surface area (Å²) >= 11 is 1.80. The highest BCUT2D eigenvalue weighted by atomic mass is 32.1. The van der Waals surface area contributed by atoms with Crippen LogP contribution in [0.4, 0.5) is 5.13 Å². The first-order valence-electron chi connectivity index (χ1n) is 7.38. The summed E-state index contributed by atoms with van der Waals surface area (Å²) in [6, 6.07) is 0. The number of nitrogens with zero attached hydrogens (tertiary/aromatic N) is 2. The zero-order valence-corrected chi connectivity index (χ0v) is 13.0. The second-order valence-corrected chi connectivity index (χ2v) is 8.07. The molecule has 1 aromatic heterocycles. The zero-order valence-electron chi connectivity index (χ0n) is 12.1. The van der Waals surface area contributed by atoms with Crippen LogP contribution in [0.5, 0.6) is 0 Å². The normalized spacial score (nSPS) is 27.7. The molecule has 0 amide bonds. The summed E-state index contributed by atoms with van der Waals surface area (Å²) in [5.41, 5.74) is 1.34. The summed E-state index contributed by atoms with van der Waals surface area (Å²) in [5.74, 6) is 0.748. The molecular weight excluding hydrogens is 256 g/mol. The van der Waals surface area contributed by atoms with Gasteiger partial charge in [0.05, 0.1) is 11.8 Å². The molecule has 2 unspecified atom stereocenters. The maximum atomic E-state index is 10.0. The Bertz CT molecular complexity index is 463. The SMILES string of the molecule is CC(C)(C)C1CCN(c2nc3c(s2)CCCC3O)C1. The minimum absolute atomic E-state index is 0.324. The lowest BCUT2D eigenvalue weighted by Crippen LogP contribution is -2.25. The number of hydrogen-bond acceptors (Lipinski definition) is 4. The van der Waals surface area contributed by atoms with Crippen molar-refractivity contribution in [1.29, 1.82) is 0 Å². The van der Waals surface area contributed by atoms with Gasteiger partial charge in [0, 0.05) is 18.0 Å². The number of hydrogen-bond donors (Lipinski definition) is 1. The fraction of sp³-hybridized carbons (Fsp3) is 0.800. The Morgan fingerprint density at radius 2 is 2.11 bits per heavy atom. The Balaban J connectivity index is 1.78. The molecule has 1 aliphatic carbocycles. The molecule has 1 aromatic rings. The lowest BCUT2D eigenvalue weighted by Gasteiger charge is -2.26. The maximum absolute atomic E-state index is 10.0. The topological polar surface area (TPSA) is 36.4 Å². The molecule has 4 heteroatoms. The predicted molar refractivity (Wildman–Crippen MR) is 79.8 cm³/mol. The van der Waals surface area contributed by atoms with Crippen LogP contribution >= 0.6 is 11.3 Å². The summed E-state index contributed by atoms with van der Waals surface area (Å²) in [4.78, 5) is 8.46. The molecule has 0 saturated carbocycles. The van der Waals surface area contributed by atoms with E-state index >= 15 is 0 Å². The summed E-state index contributed by atoms with van der Waals surface area (Å²) < 4.78 is 0. The Morgan fingerprint density at radius 3 is 2.74 bits per heavy atom. The van der Waals surface area contributed by atoms with Gasteiger partial charge < -0.3 is 10.0 Å². The molecule has 0 radical (unpaired) electrons. The Hall–Kier alpha value is -0.610. The number of fused-ring (bicyclic) bond motifs is 1. The lowest BCUT2D eigenvalue weighted by molar-refractivity contribution is 0.153. The van der Waals surface area contributed by atoms with Crippen molar-refractivity contribution in [3.8, 4) is 0 Å². The van der Waals surface area contributed by atoms with E-state index in [0.29, 0.717) is 5.41 Å². The molecule has 3 nitrogen and oxygen atoms in total. The first kappa shape index (κ1) is 13.4. The van der Waals surface area contributed by atoms with Crippen LogP contribution in [0.15, 0.2) is 0 Å². The minimum Gasteiger partial charge on any atom is -0.387 e. The smallest absolute Gasteiger partial charge is 0.185 e. The van der Waals surface area contributed by atoms with Crippen LogP contribution in [0.1, 0.15) is 56.7 Å². The number of aliphatic hydroxyl groups is 1. The van der Waals surface area contributed by atoms with Gasteiger partial charge in [0.1, 0.15) is 0 Å². The van der Waals surface area contributed by atoms with Crippen molar-refractivity contribution in [3.05, 3.63) is 10.6 Å². The molecule has 1 fully saturated rings. The van der Waals surface area contributed by atoms with Gasteiger partial charge >= 0.3 is 0 Å². The molecule has 0 bridgehead atoms. The summed E-state index contributed by atoms with van der Waals surface area (Å²) in [7, 11) is 0. The van der Waals surface area contributed by atoms with Gasteiger partial charge in [-0.3, -0.25) is 0 Å². The minimum atomic E-state index is -0.324. The van der Waals surface area contributed by atoms with Crippen molar-refractivity contribution in [2.45, 2.75) is 52.6 Å². The van der Waals surface area contributed by atoms with Crippen molar-refractivity contribution in [2.24, 2.45) is 11.3 Å². The second-order valence-electron chi connectivity index (χ2n) is 7.01. The molecule has 3 rings (SSSR count). The highest BCUT2D eigenvalue weighted by Crippen LogP contribution is 2.40. The van der Waals surface area contributed by atoms with Crippen LogP contribution in [-0.4, -0.2) is 23.2 Å². The second kappa shape index (κ2) is 4.74. The summed E-state index contributed by atoms with van der Waals surface area (Å²) in [6.45, 7) is 9.23. The third kappa shape index (κ3) is 2.52. The first-order valence-corrected chi connectivity index (χ1v) is 8.19. The van der Waals surface area contributed by atoms with E-state index in [4.69, 9.17) is 4.98 Å². The van der Waals surface area contributed by atoms with E-state index in [1.54, 1.807) is 11.3 Å². The molecule has 0 aromatic carbocycles. The van der Waals surface area contributed by atoms with E-state index in [0.717, 1.165) is 49.1 Å². The van der Waals surface area contributed by atoms with E-state index in [1.807, 2.05) is 0 Å². The fourth-order valence-corrected chi connectivity index (χ4v) is 4.35. The van der Waals surface area contributed by atoms with Crippen LogP contribution in [0.3, 0.4) is 0 Å². The quantitative estimate of drug-likeness (QED) is 0.856. The highest BCUT2D eigenvalue weighted by molar-refractivity contribution is 7.15. The van der Waals surface area contributed by atoms with Crippen molar-refractivity contribution in [2.75, 3.05) is 18.0 Å². The van der Waals surface area contributed by atoms with Gasteiger partial charge in [0.15, 0.2) is 5.13 Å². The molecule has 2 aliphatic rings. The zero-order chi connectivity index (χ0) is 13.6. The average molecular weight is 280 g/mol. The number of aromatic nitrogens is 1. The number of rotatable bonds is 1. The molecule has 1 aliphatic heterocycles. The predicted octanol–water partition coefficient (Wildman–Crippen LogP) is 3.39. The Kier molecular flexibility index (Phi) is 3.34. The van der Waals surface area contributed by atoms with Crippen LogP contribution < -0.4 is 4.90 Å². The van der Waals surface area contributed by atoms with Crippen LogP contribution in [-0.2, 0) is 6.42 Å². The molecule has 0 spiro atoms. The van der Waals surface area contributed by atoms with Crippen molar-refractivity contribution < 1.29 is 5.11 Å².